The molecule has 0 amide bonds. The van der Waals surface area contributed by atoms with Gasteiger partial charge in [0.25, 0.3) is 0 Å². The minimum atomic E-state index is 0.426. The Morgan fingerprint density at radius 1 is 1.11 bits per heavy atom. The quantitative estimate of drug-likeness (QED) is 0.826. The molecule has 0 N–H and O–H groups in total. The van der Waals surface area contributed by atoms with Gasteiger partial charge in [-0.05, 0) is 22.6 Å². The predicted octanol–water partition coefficient (Wildman–Crippen LogP) is 1.04. The van der Waals surface area contributed by atoms with Crippen molar-refractivity contribution >= 4 is 12.6 Å². The van der Waals surface area contributed by atoms with Crippen molar-refractivity contribution < 1.29 is 14.2 Å². The van der Waals surface area contributed by atoms with Gasteiger partial charge in [0.2, 0.25) is 10.9 Å². The Morgan fingerprint density at radius 2 is 1.84 bits per heavy atom. The molecule has 1 aromatic heterocycles. The summed E-state index contributed by atoms with van der Waals surface area (Å²) in [5.41, 5.74) is 0.864. The minimum Gasteiger partial charge on any atom is -0.493 e. The molecule has 0 saturated heterocycles. The number of tetrazole rings is 1. The molecule has 2 aromatic rings. The van der Waals surface area contributed by atoms with E-state index in [1.807, 2.05) is 6.07 Å². The van der Waals surface area contributed by atoms with E-state index in [-0.39, 0.29) is 0 Å². The number of methoxy groups -OCH3 is 3. The third-order valence-electron chi connectivity index (χ3n) is 2.62. The molecular formula is C11H14N4O3S. The molecule has 0 aliphatic heterocycles. The molecule has 19 heavy (non-hydrogen) atoms. The van der Waals surface area contributed by atoms with Crippen molar-refractivity contribution in [1.82, 2.24) is 20.2 Å². The zero-order valence-electron chi connectivity index (χ0n) is 10.8. The third kappa shape index (κ3) is 2.58. The number of benzene rings is 1. The lowest BCUT2D eigenvalue weighted by atomic mass is 10.1. The number of aromatic nitrogens is 4. The molecule has 0 saturated carbocycles. The predicted molar refractivity (Wildman–Crippen MR) is 70.3 cm³/mol. The van der Waals surface area contributed by atoms with Crippen LogP contribution in [0.15, 0.2) is 17.3 Å². The van der Waals surface area contributed by atoms with E-state index < -0.39 is 0 Å². The average Bonchev–Trinajstić information content (AvgIpc) is 2.83. The Hall–Kier alpha value is -1.96. The first-order chi connectivity index (χ1) is 9.21. The SMILES string of the molecule is COc1ccc(Cn2nnnc2S)c(OC)c1OC. The molecule has 1 heterocycles. The zero-order chi connectivity index (χ0) is 13.8. The molecule has 0 aliphatic rings. The van der Waals surface area contributed by atoms with Crippen molar-refractivity contribution in [3.63, 3.8) is 0 Å². The normalized spacial score (nSPS) is 10.3. The maximum Gasteiger partial charge on any atom is 0.206 e. The molecule has 102 valence electrons. The Morgan fingerprint density at radius 3 is 2.37 bits per heavy atom. The van der Waals surface area contributed by atoms with E-state index in [2.05, 4.69) is 28.2 Å². The molecule has 1 aromatic carbocycles. The fourth-order valence-corrected chi connectivity index (χ4v) is 1.90. The molecule has 0 atom stereocenters. The molecule has 7 nitrogen and oxygen atoms in total. The van der Waals surface area contributed by atoms with E-state index in [0.717, 1.165) is 5.56 Å². The molecule has 0 unspecified atom stereocenters. The van der Waals surface area contributed by atoms with E-state index in [0.29, 0.717) is 28.9 Å². The molecule has 0 fully saturated rings. The second kappa shape index (κ2) is 5.79. The number of thiol groups is 1. The van der Waals surface area contributed by atoms with Gasteiger partial charge in [-0.25, -0.2) is 4.68 Å². The van der Waals surface area contributed by atoms with Crippen LogP contribution in [-0.2, 0) is 6.54 Å². The first-order valence-corrected chi connectivity index (χ1v) is 5.89. The van der Waals surface area contributed by atoms with Gasteiger partial charge in [-0.3, -0.25) is 0 Å². The van der Waals surface area contributed by atoms with Crippen LogP contribution in [0.3, 0.4) is 0 Å². The van der Waals surface area contributed by atoms with Crippen molar-refractivity contribution in [2.45, 2.75) is 11.7 Å². The summed E-state index contributed by atoms with van der Waals surface area (Å²) in [5, 5.41) is 11.5. The summed E-state index contributed by atoms with van der Waals surface area (Å²) in [6.45, 7) is 0.426. The number of hydrogen-bond donors (Lipinski definition) is 1. The highest BCUT2D eigenvalue weighted by Gasteiger charge is 2.17. The van der Waals surface area contributed by atoms with Gasteiger partial charge in [0, 0.05) is 5.56 Å². The van der Waals surface area contributed by atoms with Gasteiger partial charge >= 0.3 is 0 Å². The first kappa shape index (κ1) is 13.5. The Bertz CT molecular complexity index is 573. The molecule has 2 rings (SSSR count). The summed E-state index contributed by atoms with van der Waals surface area (Å²) >= 11 is 4.16. The molecule has 0 aliphatic carbocycles. The summed E-state index contributed by atoms with van der Waals surface area (Å²) in [6, 6.07) is 3.67. The molecule has 8 heteroatoms. The van der Waals surface area contributed by atoms with Crippen LogP contribution in [-0.4, -0.2) is 41.5 Å². The number of hydrogen-bond acceptors (Lipinski definition) is 7. The summed E-state index contributed by atoms with van der Waals surface area (Å²) in [6.07, 6.45) is 0. The summed E-state index contributed by atoms with van der Waals surface area (Å²) < 4.78 is 17.5. The van der Waals surface area contributed by atoms with E-state index in [1.165, 1.54) is 0 Å². The highest BCUT2D eigenvalue weighted by atomic mass is 32.1. The van der Waals surface area contributed by atoms with Gasteiger partial charge < -0.3 is 14.2 Å². The van der Waals surface area contributed by atoms with Crippen LogP contribution >= 0.6 is 12.6 Å². The lowest BCUT2D eigenvalue weighted by molar-refractivity contribution is 0.321. The van der Waals surface area contributed by atoms with Gasteiger partial charge in [0.05, 0.1) is 27.9 Å². The number of ether oxygens (including phenoxy) is 3. The van der Waals surface area contributed by atoms with Crippen LogP contribution in [0.2, 0.25) is 0 Å². The number of nitrogens with zero attached hydrogens (tertiary/aromatic N) is 4. The highest BCUT2D eigenvalue weighted by Crippen LogP contribution is 2.39. The van der Waals surface area contributed by atoms with Crippen LogP contribution in [0, 0.1) is 0 Å². The van der Waals surface area contributed by atoms with E-state index in [1.54, 1.807) is 32.1 Å². The van der Waals surface area contributed by atoms with Crippen LogP contribution in [0.4, 0.5) is 0 Å². The van der Waals surface area contributed by atoms with Crippen LogP contribution in [0.25, 0.3) is 0 Å². The van der Waals surface area contributed by atoms with Gasteiger partial charge in [0.1, 0.15) is 0 Å². The van der Waals surface area contributed by atoms with Gasteiger partial charge in [0.15, 0.2) is 11.5 Å². The van der Waals surface area contributed by atoms with Gasteiger partial charge in [-0.2, -0.15) is 0 Å². The summed E-state index contributed by atoms with van der Waals surface area (Å²) in [5.74, 6) is 1.73. The molecular weight excluding hydrogens is 268 g/mol. The maximum atomic E-state index is 5.39. The second-order valence-corrected chi connectivity index (χ2v) is 4.03. The van der Waals surface area contributed by atoms with Crippen LogP contribution in [0.5, 0.6) is 17.2 Å². The smallest absolute Gasteiger partial charge is 0.206 e. The monoisotopic (exact) mass is 282 g/mol. The standard InChI is InChI=1S/C11H14N4O3S/c1-16-8-5-4-7(9(17-2)10(8)18-3)6-15-11(19)12-13-14-15/h4-5H,6H2,1-3H3,(H,12,14,19). The van der Waals surface area contributed by atoms with Crippen molar-refractivity contribution in [3.05, 3.63) is 17.7 Å². The topological polar surface area (TPSA) is 71.3 Å². The molecule has 0 radical (unpaired) electrons. The lowest BCUT2D eigenvalue weighted by Crippen LogP contribution is -2.06. The van der Waals surface area contributed by atoms with E-state index in [9.17, 15) is 0 Å². The zero-order valence-corrected chi connectivity index (χ0v) is 11.7. The van der Waals surface area contributed by atoms with Crippen LogP contribution < -0.4 is 14.2 Å². The Labute approximate surface area is 115 Å². The van der Waals surface area contributed by atoms with E-state index >= 15 is 0 Å². The molecule has 0 bridgehead atoms. The fourth-order valence-electron chi connectivity index (χ4n) is 1.75. The van der Waals surface area contributed by atoms with Crippen molar-refractivity contribution in [2.24, 2.45) is 0 Å². The van der Waals surface area contributed by atoms with Crippen molar-refractivity contribution in [3.8, 4) is 17.2 Å². The maximum absolute atomic E-state index is 5.39. The highest BCUT2D eigenvalue weighted by molar-refractivity contribution is 7.80. The lowest BCUT2D eigenvalue weighted by Gasteiger charge is -2.15. The first-order valence-electron chi connectivity index (χ1n) is 5.44. The van der Waals surface area contributed by atoms with Crippen LogP contribution in [0.1, 0.15) is 5.56 Å². The van der Waals surface area contributed by atoms with Crippen molar-refractivity contribution in [1.29, 1.82) is 0 Å². The Balaban J connectivity index is 2.43. The second-order valence-electron chi connectivity index (χ2n) is 3.63. The number of rotatable bonds is 5. The van der Waals surface area contributed by atoms with Crippen molar-refractivity contribution in [2.75, 3.05) is 21.3 Å². The minimum absolute atomic E-state index is 0.426. The summed E-state index contributed by atoms with van der Waals surface area (Å²) in [7, 11) is 4.71. The fraction of sp³-hybridized carbons (Fsp3) is 0.364. The Kier molecular flexibility index (Phi) is 4.10. The largest absolute Gasteiger partial charge is 0.493 e. The average molecular weight is 282 g/mol. The van der Waals surface area contributed by atoms with Gasteiger partial charge in [-0.1, -0.05) is 0 Å². The summed E-state index contributed by atoms with van der Waals surface area (Å²) in [4.78, 5) is 0. The molecule has 0 spiro atoms. The van der Waals surface area contributed by atoms with Gasteiger partial charge in [-0.15, -0.1) is 17.7 Å². The third-order valence-corrected chi connectivity index (χ3v) is 2.94. The van der Waals surface area contributed by atoms with E-state index in [4.69, 9.17) is 14.2 Å².